The lowest BCUT2D eigenvalue weighted by atomic mass is 10.2. The van der Waals surface area contributed by atoms with Crippen molar-refractivity contribution >= 4 is 29.3 Å². The standard InChI is InChI=1S/C20H29N3O5/c1-20(2,3)28-19(26)21-11-5-7-17(24)22-14-9-10-15(16(13-14)27-4)23-12-6-8-18(23)25/h9-10,13H,5-8,11-12H2,1-4H3,(H,21,26)(H,22,24). The van der Waals surface area contributed by atoms with Crippen molar-refractivity contribution in [2.75, 3.05) is 30.4 Å². The second-order valence-electron chi connectivity index (χ2n) is 7.62. The highest BCUT2D eigenvalue weighted by Gasteiger charge is 2.24. The molecule has 0 atom stereocenters. The summed E-state index contributed by atoms with van der Waals surface area (Å²) in [6, 6.07) is 5.24. The molecule has 1 aliphatic rings. The molecule has 154 valence electrons. The summed E-state index contributed by atoms with van der Waals surface area (Å²) in [6.07, 6.45) is 1.62. The smallest absolute Gasteiger partial charge is 0.407 e. The second kappa shape index (κ2) is 9.43. The molecule has 8 nitrogen and oxygen atoms in total. The molecule has 3 amide bonds. The summed E-state index contributed by atoms with van der Waals surface area (Å²) in [7, 11) is 1.54. The number of anilines is 2. The van der Waals surface area contributed by atoms with E-state index in [2.05, 4.69) is 10.6 Å². The average molecular weight is 391 g/mol. The largest absolute Gasteiger partial charge is 0.494 e. The quantitative estimate of drug-likeness (QED) is 0.696. The summed E-state index contributed by atoms with van der Waals surface area (Å²) in [6.45, 7) is 6.39. The minimum Gasteiger partial charge on any atom is -0.494 e. The van der Waals surface area contributed by atoms with Crippen LogP contribution < -0.4 is 20.3 Å². The van der Waals surface area contributed by atoms with Gasteiger partial charge in [0.25, 0.3) is 0 Å². The average Bonchev–Trinajstić information content (AvgIpc) is 3.03. The molecular formula is C20H29N3O5. The summed E-state index contributed by atoms with van der Waals surface area (Å²) >= 11 is 0. The zero-order chi connectivity index (χ0) is 20.7. The number of hydrogen-bond donors (Lipinski definition) is 2. The summed E-state index contributed by atoms with van der Waals surface area (Å²) in [5.74, 6) is 0.449. The van der Waals surface area contributed by atoms with Gasteiger partial charge in [-0.1, -0.05) is 0 Å². The molecule has 0 aliphatic carbocycles. The third-order valence-corrected chi connectivity index (χ3v) is 4.08. The number of ether oxygens (including phenoxy) is 2. The van der Waals surface area contributed by atoms with Gasteiger partial charge >= 0.3 is 6.09 Å². The van der Waals surface area contributed by atoms with E-state index in [0.29, 0.717) is 43.1 Å². The monoisotopic (exact) mass is 391 g/mol. The normalized spacial score (nSPS) is 14.0. The molecule has 0 spiro atoms. The zero-order valence-electron chi connectivity index (χ0n) is 17.0. The molecule has 0 radical (unpaired) electrons. The Hall–Kier alpha value is -2.77. The van der Waals surface area contributed by atoms with E-state index >= 15 is 0 Å². The molecule has 0 bridgehead atoms. The minimum absolute atomic E-state index is 0.0765. The van der Waals surface area contributed by atoms with Gasteiger partial charge in [0.2, 0.25) is 11.8 Å². The van der Waals surface area contributed by atoms with Gasteiger partial charge in [0, 0.05) is 37.7 Å². The van der Waals surface area contributed by atoms with E-state index < -0.39 is 11.7 Å². The van der Waals surface area contributed by atoms with Crippen molar-refractivity contribution in [3.05, 3.63) is 18.2 Å². The van der Waals surface area contributed by atoms with Gasteiger partial charge in [0.15, 0.2) is 0 Å². The summed E-state index contributed by atoms with van der Waals surface area (Å²) in [5.41, 5.74) is 0.758. The predicted molar refractivity (Wildman–Crippen MR) is 107 cm³/mol. The number of nitrogens with zero attached hydrogens (tertiary/aromatic N) is 1. The lowest BCUT2D eigenvalue weighted by Gasteiger charge is -2.20. The van der Waals surface area contributed by atoms with Crippen LogP contribution in [0.1, 0.15) is 46.5 Å². The summed E-state index contributed by atoms with van der Waals surface area (Å²) in [5, 5.41) is 5.43. The molecular weight excluding hydrogens is 362 g/mol. The summed E-state index contributed by atoms with van der Waals surface area (Å²) in [4.78, 5) is 37.3. The maximum atomic E-state index is 12.1. The number of carbonyl (C=O) groups excluding carboxylic acids is 3. The Bertz CT molecular complexity index is 727. The molecule has 1 heterocycles. The van der Waals surface area contributed by atoms with Crippen LogP contribution in [0.2, 0.25) is 0 Å². The van der Waals surface area contributed by atoms with Gasteiger partial charge in [-0.05, 0) is 45.7 Å². The number of hydrogen-bond acceptors (Lipinski definition) is 5. The molecule has 0 saturated carbocycles. The molecule has 2 N–H and O–H groups in total. The number of methoxy groups -OCH3 is 1. The van der Waals surface area contributed by atoms with Gasteiger partial charge in [-0.15, -0.1) is 0 Å². The lowest BCUT2D eigenvalue weighted by Crippen LogP contribution is -2.33. The van der Waals surface area contributed by atoms with E-state index in [4.69, 9.17) is 9.47 Å². The van der Waals surface area contributed by atoms with Crippen molar-refractivity contribution in [3.8, 4) is 5.75 Å². The molecule has 1 aliphatic heterocycles. The van der Waals surface area contributed by atoms with Crippen LogP contribution in [0.3, 0.4) is 0 Å². The molecule has 1 saturated heterocycles. The summed E-state index contributed by atoms with van der Waals surface area (Å²) < 4.78 is 10.5. The van der Waals surface area contributed by atoms with Crippen LogP contribution in [0.25, 0.3) is 0 Å². The van der Waals surface area contributed by atoms with Gasteiger partial charge in [0.05, 0.1) is 12.8 Å². The Labute approximate surface area is 165 Å². The predicted octanol–water partition coefficient (Wildman–Crippen LogP) is 3.07. The number of rotatable bonds is 7. The number of amides is 3. The van der Waals surface area contributed by atoms with E-state index in [1.165, 1.54) is 7.11 Å². The molecule has 1 fully saturated rings. The van der Waals surface area contributed by atoms with Crippen LogP contribution in [-0.2, 0) is 14.3 Å². The van der Waals surface area contributed by atoms with E-state index in [9.17, 15) is 14.4 Å². The first kappa shape index (κ1) is 21.5. The number of nitrogens with one attached hydrogen (secondary N) is 2. The third kappa shape index (κ3) is 6.44. The fourth-order valence-electron chi connectivity index (χ4n) is 2.86. The van der Waals surface area contributed by atoms with Crippen molar-refractivity contribution in [3.63, 3.8) is 0 Å². The second-order valence-corrected chi connectivity index (χ2v) is 7.62. The Morgan fingerprint density at radius 3 is 2.61 bits per heavy atom. The van der Waals surface area contributed by atoms with Crippen LogP contribution in [-0.4, -0.2) is 43.7 Å². The van der Waals surface area contributed by atoms with Gasteiger partial charge < -0.3 is 25.0 Å². The zero-order valence-corrected chi connectivity index (χ0v) is 17.0. The van der Waals surface area contributed by atoms with E-state index in [1.807, 2.05) is 0 Å². The van der Waals surface area contributed by atoms with Gasteiger partial charge in [-0.25, -0.2) is 4.79 Å². The molecule has 8 heteroatoms. The van der Waals surface area contributed by atoms with Gasteiger partial charge in [-0.2, -0.15) is 0 Å². The molecule has 0 unspecified atom stereocenters. The topological polar surface area (TPSA) is 97.0 Å². The Balaban J connectivity index is 1.82. The van der Waals surface area contributed by atoms with Crippen LogP contribution >= 0.6 is 0 Å². The minimum atomic E-state index is -0.549. The third-order valence-electron chi connectivity index (χ3n) is 4.08. The van der Waals surface area contributed by atoms with E-state index in [-0.39, 0.29) is 18.2 Å². The first-order valence-corrected chi connectivity index (χ1v) is 9.45. The van der Waals surface area contributed by atoms with Crippen LogP contribution in [0.5, 0.6) is 5.75 Å². The van der Waals surface area contributed by atoms with Crippen molar-refractivity contribution < 1.29 is 23.9 Å². The van der Waals surface area contributed by atoms with Crippen LogP contribution in [0.4, 0.5) is 16.2 Å². The Morgan fingerprint density at radius 1 is 1.25 bits per heavy atom. The lowest BCUT2D eigenvalue weighted by molar-refractivity contribution is -0.117. The van der Waals surface area contributed by atoms with Crippen LogP contribution in [0, 0.1) is 0 Å². The Morgan fingerprint density at radius 2 is 2.00 bits per heavy atom. The van der Waals surface area contributed by atoms with Crippen LogP contribution in [0.15, 0.2) is 18.2 Å². The number of carbonyl (C=O) groups is 3. The SMILES string of the molecule is COc1cc(NC(=O)CCCNC(=O)OC(C)(C)C)ccc1N1CCCC1=O. The number of benzene rings is 1. The highest BCUT2D eigenvalue weighted by atomic mass is 16.6. The van der Waals surface area contributed by atoms with Crippen molar-refractivity contribution in [2.24, 2.45) is 0 Å². The van der Waals surface area contributed by atoms with E-state index in [0.717, 1.165) is 6.42 Å². The fourth-order valence-corrected chi connectivity index (χ4v) is 2.86. The highest BCUT2D eigenvalue weighted by Crippen LogP contribution is 2.33. The van der Waals surface area contributed by atoms with E-state index in [1.54, 1.807) is 43.9 Å². The van der Waals surface area contributed by atoms with Crippen molar-refractivity contribution in [1.29, 1.82) is 0 Å². The first-order valence-electron chi connectivity index (χ1n) is 9.45. The molecule has 1 aromatic rings. The van der Waals surface area contributed by atoms with Gasteiger partial charge in [0.1, 0.15) is 11.4 Å². The molecule has 0 aromatic heterocycles. The Kier molecular flexibility index (Phi) is 7.25. The van der Waals surface area contributed by atoms with Crippen molar-refractivity contribution in [1.82, 2.24) is 5.32 Å². The molecule has 28 heavy (non-hydrogen) atoms. The van der Waals surface area contributed by atoms with Crippen molar-refractivity contribution in [2.45, 2.75) is 52.1 Å². The molecule has 2 rings (SSSR count). The first-order chi connectivity index (χ1) is 13.2. The number of alkyl carbamates (subject to hydrolysis) is 1. The molecule has 1 aromatic carbocycles. The highest BCUT2D eigenvalue weighted by molar-refractivity contribution is 5.97. The fraction of sp³-hybridized carbons (Fsp3) is 0.550. The maximum absolute atomic E-state index is 12.1. The van der Waals surface area contributed by atoms with Gasteiger partial charge in [-0.3, -0.25) is 9.59 Å². The maximum Gasteiger partial charge on any atom is 0.407 e.